The minimum absolute atomic E-state index is 0.529. The molecule has 1 aliphatic rings. The quantitative estimate of drug-likeness (QED) is 0.883. The van der Waals surface area contributed by atoms with Gasteiger partial charge in [-0.15, -0.1) is 0 Å². The molecule has 0 spiro atoms. The number of benzene rings is 2. The lowest BCUT2D eigenvalue weighted by molar-refractivity contribution is 0.378. The lowest BCUT2D eigenvalue weighted by Crippen LogP contribution is -2.35. The monoisotopic (exact) mass is 275 g/mol. The molecule has 1 heterocycles. The first-order chi connectivity index (χ1) is 8.83. The molecule has 0 aliphatic carbocycles. The molecule has 3 heteroatoms. The van der Waals surface area contributed by atoms with Gasteiger partial charge in [0.1, 0.15) is 0 Å². The molecule has 0 aromatic heterocycles. The van der Waals surface area contributed by atoms with Gasteiger partial charge in [0.2, 0.25) is 0 Å². The van der Waals surface area contributed by atoms with Crippen molar-refractivity contribution in [1.29, 1.82) is 0 Å². The van der Waals surface area contributed by atoms with Gasteiger partial charge in [-0.05, 0) is 48.9 Å². The normalized spacial score (nSPS) is 18.4. The lowest BCUT2D eigenvalue weighted by atomic mass is 9.98. The number of rotatable bonds is 3. The summed E-state index contributed by atoms with van der Waals surface area (Å²) in [6, 6.07) is 17.2. The molecule has 1 fully saturated rings. The summed E-state index contributed by atoms with van der Waals surface area (Å²) in [4.78, 5) is 2.56. The first-order valence-corrected chi connectivity index (χ1v) is 7.28. The molecule has 18 heavy (non-hydrogen) atoms. The fourth-order valence-electron chi connectivity index (χ4n) is 2.05. The number of hydrogen-bond donors (Lipinski definition) is 1. The standard InChI is InChI=1S/C15H14ClNS/c16-11-5-7-12(8-6-11)18-15-4-2-1-3-13(15)14-9-10-17-14/h1-8,14,17H,9-10H2/t14-/m1/s1. The van der Waals surface area contributed by atoms with E-state index in [1.807, 2.05) is 12.1 Å². The molecule has 1 saturated heterocycles. The van der Waals surface area contributed by atoms with E-state index < -0.39 is 0 Å². The van der Waals surface area contributed by atoms with Crippen molar-refractivity contribution in [1.82, 2.24) is 5.32 Å². The Morgan fingerprint density at radius 1 is 1.06 bits per heavy atom. The molecule has 0 amide bonds. The van der Waals surface area contributed by atoms with Crippen LogP contribution >= 0.6 is 23.4 Å². The summed E-state index contributed by atoms with van der Waals surface area (Å²) in [6.45, 7) is 1.13. The van der Waals surface area contributed by atoms with Gasteiger partial charge >= 0.3 is 0 Å². The van der Waals surface area contributed by atoms with Gasteiger partial charge in [0.15, 0.2) is 0 Å². The molecule has 2 aromatic carbocycles. The fourth-order valence-corrected chi connectivity index (χ4v) is 3.17. The van der Waals surface area contributed by atoms with Crippen molar-refractivity contribution in [3.63, 3.8) is 0 Å². The summed E-state index contributed by atoms with van der Waals surface area (Å²) >= 11 is 7.71. The van der Waals surface area contributed by atoms with E-state index in [1.165, 1.54) is 21.8 Å². The molecular formula is C15H14ClNS. The highest BCUT2D eigenvalue weighted by molar-refractivity contribution is 7.99. The minimum atomic E-state index is 0.529. The zero-order valence-electron chi connectivity index (χ0n) is 9.90. The first-order valence-electron chi connectivity index (χ1n) is 6.09. The fraction of sp³-hybridized carbons (Fsp3) is 0.200. The van der Waals surface area contributed by atoms with Crippen molar-refractivity contribution in [2.45, 2.75) is 22.3 Å². The second-order valence-corrected chi connectivity index (χ2v) is 5.94. The summed E-state index contributed by atoms with van der Waals surface area (Å²) in [7, 11) is 0. The highest BCUT2D eigenvalue weighted by Crippen LogP contribution is 2.36. The van der Waals surface area contributed by atoms with E-state index in [0.29, 0.717) is 6.04 Å². The molecule has 92 valence electrons. The Kier molecular flexibility index (Phi) is 3.59. The largest absolute Gasteiger partial charge is 0.310 e. The van der Waals surface area contributed by atoms with Crippen molar-refractivity contribution in [2.24, 2.45) is 0 Å². The van der Waals surface area contributed by atoms with Crippen LogP contribution in [0.2, 0.25) is 5.02 Å². The number of halogens is 1. The van der Waals surface area contributed by atoms with Crippen molar-refractivity contribution >= 4 is 23.4 Å². The number of nitrogens with one attached hydrogen (secondary N) is 1. The Hall–Kier alpha value is -0.960. The highest BCUT2D eigenvalue weighted by atomic mass is 35.5. The molecule has 0 unspecified atom stereocenters. The van der Waals surface area contributed by atoms with E-state index in [0.717, 1.165) is 11.6 Å². The summed E-state index contributed by atoms with van der Waals surface area (Å²) in [5.41, 5.74) is 1.41. The molecular weight excluding hydrogens is 262 g/mol. The molecule has 2 aromatic rings. The Morgan fingerprint density at radius 3 is 2.44 bits per heavy atom. The molecule has 0 radical (unpaired) electrons. The van der Waals surface area contributed by atoms with E-state index in [9.17, 15) is 0 Å². The van der Waals surface area contributed by atoms with Gasteiger partial charge in [0, 0.05) is 20.9 Å². The van der Waals surface area contributed by atoms with Crippen LogP contribution in [0.4, 0.5) is 0 Å². The van der Waals surface area contributed by atoms with Crippen molar-refractivity contribution in [3.8, 4) is 0 Å². The van der Waals surface area contributed by atoms with Gasteiger partial charge in [-0.25, -0.2) is 0 Å². The molecule has 1 atom stereocenters. The van der Waals surface area contributed by atoms with Crippen LogP contribution in [0.15, 0.2) is 58.3 Å². The maximum Gasteiger partial charge on any atom is 0.0406 e. The first kappa shape index (κ1) is 12.1. The zero-order valence-corrected chi connectivity index (χ0v) is 11.5. The van der Waals surface area contributed by atoms with Gasteiger partial charge < -0.3 is 5.32 Å². The molecule has 1 aliphatic heterocycles. The molecule has 1 nitrogen and oxygen atoms in total. The second kappa shape index (κ2) is 5.35. The highest BCUT2D eigenvalue weighted by Gasteiger charge is 2.21. The van der Waals surface area contributed by atoms with E-state index in [-0.39, 0.29) is 0 Å². The van der Waals surface area contributed by atoms with Crippen LogP contribution in [-0.4, -0.2) is 6.54 Å². The van der Waals surface area contributed by atoms with Crippen LogP contribution in [0.1, 0.15) is 18.0 Å². The van der Waals surface area contributed by atoms with E-state index in [4.69, 9.17) is 11.6 Å². The summed E-state index contributed by atoms with van der Waals surface area (Å²) in [5, 5.41) is 4.25. The minimum Gasteiger partial charge on any atom is -0.310 e. The van der Waals surface area contributed by atoms with E-state index in [1.54, 1.807) is 11.8 Å². The van der Waals surface area contributed by atoms with Gasteiger partial charge in [-0.2, -0.15) is 0 Å². The third-order valence-electron chi connectivity index (χ3n) is 3.16. The van der Waals surface area contributed by atoms with Crippen LogP contribution in [0, 0.1) is 0 Å². The SMILES string of the molecule is Clc1ccc(Sc2ccccc2[C@H]2CCN2)cc1. The average Bonchev–Trinajstić information content (AvgIpc) is 2.32. The Bertz CT molecular complexity index is 534. The summed E-state index contributed by atoms with van der Waals surface area (Å²) in [5.74, 6) is 0. The van der Waals surface area contributed by atoms with Gasteiger partial charge in [0.05, 0.1) is 0 Å². The summed E-state index contributed by atoms with van der Waals surface area (Å²) in [6.07, 6.45) is 1.23. The smallest absolute Gasteiger partial charge is 0.0406 e. The third kappa shape index (κ3) is 2.56. The van der Waals surface area contributed by atoms with Crippen molar-refractivity contribution in [2.75, 3.05) is 6.54 Å². The summed E-state index contributed by atoms with van der Waals surface area (Å²) < 4.78 is 0. The Balaban J connectivity index is 1.85. The Morgan fingerprint density at radius 2 is 1.78 bits per heavy atom. The average molecular weight is 276 g/mol. The van der Waals surface area contributed by atoms with Crippen LogP contribution in [0.25, 0.3) is 0 Å². The lowest BCUT2D eigenvalue weighted by Gasteiger charge is -2.29. The van der Waals surface area contributed by atoms with Crippen LogP contribution in [0.3, 0.4) is 0 Å². The Labute approximate surface area is 117 Å². The van der Waals surface area contributed by atoms with Crippen LogP contribution < -0.4 is 5.32 Å². The van der Waals surface area contributed by atoms with E-state index in [2.05, 4.69) is 41.7 Å². The molecule has 0 saturated carbocycles. The third-order valence-corrected chi connectivity index (χ3v) is 4.51. The van der Waals surface area contributed by atoms with Gasteiger partial charge in [0.25, 0.3) is 0 Å². The second-order valence-electron chi connectivity index (χ2n) is 4.39. The van der Waals surface area contributed by atoms with Crippen LogP contribution in [0.5, 0.6) is 0 Å². The van der Waals surface area contributed by atoms with Crippen molar-refractivity contribution < 1.29 is 0 Å². The zero-order chi connectivity index (χ0) is 12.4. The van der Waals surface area contributed by atoms with Crippen molar-refractivity contribution in [3.05, 3.63) is 59.1 Å². The maximum absolute atomic E-state index is 5.91. The molecule has 3 rings (SSSR count). The van der Waals surface area contributed by atoms with E-state index >= 15 is 0 Å². The predicted molar refractivity (Wildman–Crippen MR) is 77.4 cm³/mol. The predicted octanol–water partition coefficient (Wildman–Crippen LogP) is 4.53. The molecule has 1 N–H and O–H groups in total. The topological polar surface area (TPSA) is 12.0 Å². The van der Waals surface area contributed by atoms with Gasteiger partial charge in [-0.1, -0.05) is 41.6 Å². The molecule has 0 bridgehead atoms. The van der Waals surface area contributed by atoms with Gasteiger partial charge in [-0.3, -0.25) is 0 Å². The number of hydrogen-bond acceptors (Lipinski definition) is 2. The maximum atomic E-state index is 5.91. The van der Waals surface area contributed by atoms with Crippen LogP contribution in [-0.2, 0) is 0 Å².